The fourth-order valence-electron chi connectivity index (χ4n) is 2.27. The van der Waals surface area contributed by atoms with Crippen molar-refractivity contribution < 1.29 is 9.84 Å². The molecule has 0 aliphatic heterocycles. The first kappa shape index (κ1) is 15.5. The van der Waals surface area contributed by atoms with Crippen LogP contribution in [0.25, 0.3) is 0 Å². The van der Waals surface area contributed by atoms with E-state index >= 15 is 0 Å². The first-order valence-corrected chi connectivity index (χ1v) is 7.36. The number of benzene rings is 2. The molecule has 21 heavy (non-hydrogen) atoms. The average Bonchev–Trinajstić information content (AvgIpc) is 2.55. The summed E-state index contributed by atoms with van der Waals surface area (Å²) in [7, 11) is 1.63. The third kappa shape index (κ3) is 5.21. The molecule has 0 fully saturated rings. The normalized spacial score (nSPS) is 12.1. The van der Waals surface area contributed by atoms with Crippen LogP contribution in [0.2, 0.25) is 0 Å². The van der Waals surface area contributed by atoms with Crippen LogP contribution < -0.4 is 10.1 Å². The van der Waals surface area contributed by atoms with Gasteiger partial charge >= 0.3 is 0 Å². The fraction of sp³-hybridized carbons (Fsp3) is 0.333. The van der Waals surface area contributed by atoms with E-state index in [0.717, 1.165) is 30.7 Å². The molecule has 1 atom stereocenters. The summed E-state index contributed by atoms with van der Waals surface area (Å²) >= 11 is 0. The summed E-state index contributed by atoms with van der Waals surface area (Å²) in [5, 5.41) is 13.4. The molecule has 3 heteroatoms. The van der Waals surface area contributed by atoms with Crippen LogP contribution in [0.4, 0.5) is 0 Å². The van der Waals surface area contributed by atoms with Crippen molar-refractivity contribution in [2.75, 3.05) is 20.2 Å². The Morgan fingerprint density at radius 2 is 1.90 bits per heavy atom. The summed E-state index contributed by atoms with van der Waals surface area (Å²) in [6, 6.07) is 18.0. The zero-order chi connectivity index (χ0) is 14.9. The van der Waals surface area contributed by atoms with E-state index in [9.17, 15) is 5.11 Å². The molecular weight excluding hydrogens is 262 g/mol. The van der Waals surface area contributed by atoms with Gasteiger partial charge < -0.3 is 15.2 Å². The van der Waals surface area contributed by atoms with Crippen molar-refractivity contribution in [3.63, 3.8) is 0 Å². The molecule has 0 saturated heterocycles. The Balaban J connectivity index is 1.68. The minimum atomic E-state index is -0.503. The molecular formula is C18H23NO2. The monoisotopic (exact) mass is 285 g/mol. The van der Waals surface area contributed by atoms with Crippen LogP contribution in [0, 0.1) is 0 Å². The lowest BCUT2D eigenvalue weighted by atomic mass is 10.1. The number of methoxy groups -OCH3 is 1. The molecule has 0 heterocycles. The van der Waals surface area contributed by atoms with Gasteiger partial charge in [0.1, 0.15) is 5.75 Å². The smallest absolute Gasteiger partial charge is 0.119 e. The van der Waals surface area contributed by atoms with Crippen LogP contribution in [0.3, 0.4) is 0 Å². The molecule has 2 aromatic rings. The van der Waals surface area contributed by atoms with E-state index in [1.807, 2.05) is 30.3 Å². The first-order valence-electron chi connectivity index (χ1n) is 7.36. The Labute approximate surface area is 126 Å². The van der Waals surface area contributed by atoms with Gasteiger partial charge in [-0.15, -0.1) is 0 Å². The van der Waals surface area contributed by atoms with Gasteiger partial charge in [-0.25, -0.2) is 0 Å². The van der Waals surface area contributed by atoms with E-state index in [2.05, 4.69) is 29.6 Å². The predicted octanol–water partition coefficient (Wildman–Crippen LogP) is 2.95. The van der Waals surface area contributed by atoms with Gasteiger partial charge in [0.2, 0.25) is 0 Å². The summed E-state index contributed by atoms with van der Waals surface area (Å²) in [5.74, 6) is 0.774. The minimum absolute atomic E-state index is 0.503. The highest BCUT2D eigenvalue weighted by Crippen LogP contribution is 2.18. The molecule has 3 nitrogen and oxygen atoms in total. The number of aliphatic hydroxyl groups excluding tert-OH is 1. The van der Waals surface area contributed by atoms with Crippen molar-refractivity contribution in [1.82, 2.24) is 5.32 Å². The minimum Gasteiger partial charge on any atom is -0.497 e. The molecule has 0 aliphatic rings. The molecule has 0 amide bonds. The van der Waals surface area contributed by atoms with E-state index in [1.165, 1.54) is 5.56 Å². The Bertz CT molecular complexity index is 528. The number of aliphatic hydroxyl groups is 1. The quantitative estimate of drug-likeness (QED) is 0.733. The third-order valence-corrected chi connectivity index (χ3v) is 3.48. The van der Waals surface area contributed by atoms with Gasteiger partial charge in [-0.2, -0.15) is 0 Å². The maximum Gasteiger partial charge on any atom is 0.119 e. The number of ether oxygens (including phenoxy) is 1. The molecule has 0 saturated carbocycles. The van der Waals surface area contributed by atoms with Crippen molar-refractivity contribution >= 4 is 0 Å². The Morgan fingerprint density at radius 1 is 1.10 bits per heavy atom. The summed E-state index contributed by atoms with van der Waals surface area (Å²) in [4.78, 5) is 0. The van der Waals surface area contributed by atoms with Crippen LogP contribution >= 0.6 is 0 Å². The molecule has 2 aromatic carbocycles. The second-order valence-electron chi connectivity index (χ2n) is 5.09. The fourth-order valence-corrected chi connectivity index (χ4v) is 2.27. The van der Waals surface area contributed by atoms with Crippen molar-refractivity contribution in [2.24, 2.45) is 0 Å². The molecule has 0 spiro atoms. The lowest BCUT2D eigenvalue weighted by Crippen LogP contribution is -2.22. The first-order chi connectivity index (χ1) is 10.3. The van der Waals surface area contributed by atoms with Crippen molar-refractivity contribution in [3.8, 4) is 5.75 Å². The van der Waals surface area contributed by atoms with E-state index in [-0.39, 0.29) is 0 Å². The van der Waals surface area contributed by atoms with E-state index in [4.69, 9.17) is 4.74 Å². The van der Waals surface area contributed by atoms with Gasteiger partial charge in [0.05, 0.1) is 13.2 Å². The highest BCUT2D eigenvalue weighted by atomic mass is 16.5. The van der Waals surface area contributed by atoms with Crippen LogP contribution in [0.5, 0.6) is 5.75 Å². The van der Waals surface area contributed by atoms with Crippen molar-refractivity contribution in [1.29, 1.82) is 0 Å². The highest BCUT2D eigenvalue weighted by molar-refractivity contribution is 5.29. The summed E-state index contributed by atoms with van der Waals surface area (Å²) in [6.45, 7) is 1.46. The standard InChI is InChI=1S/C18H23NO2/c1-21-17-11-5-10-16(13-17)18(20)14-19-12-6-9-15-7-3-2-4-8-15/h2-5,7-8,10-11,13,18-20H,6,9,12,14H2,1H3. The second-order valence-corrected chi connectivity index (χ2v) is 5.09. The van der Waals surface area contributed by atoms with Crippen LogP contribution in [-0.4, -0.2) is 25.3 Å². The maximum atomic E-state index is 10.1. The zero-order valence-electron chi connectivity index (χ0n) is 12.5. The number of nitrogens with one attached hydrogen (secondary N) is 1. The van der Waals surface area contributed by atoms with E-state index < -0.39 is 6.10 Å². The largest absolute Gasteiger partial charge is 0.497 e. The lowest BCUT2D eigenvalue weighted by molar-refractivity contribution is 0.174. The van der Waals surface area contributed by atoms with Gasteiger partial charge in [0.25, 0.3) is 0 Å². The van der Waals surface area contributed by atoms with Crippen molar-refractivity contribution in [3.05, 3.63) is 65.7 Å². The molecule has 2 N–H and O–H groups in total. The number of hydrogen-bond donors (Lipinski definition) is 2. The Hall–Kier alpha value is -1.84. The summed E-state index contributed by atoms with van der Waals surface area (Å²) < 4.78 is 5.17. The number of rotatable bonds is 8. The average molecular weight is 285 g/mol. The molecule has 0 aromatic heterocycles. The van der Waals surface area contributed by atoms with Crippen LogP contribution in [0.15, 0.2) is 54.6 Å². The Kier molecular flexibility index (Phi) is 6.25. The summed E-state index contributed by atoms with van der Waals surface area (Å²) in [6.07, 6.45) is 1.62. The predicted molar refractivity (Wildman–Crippen MR) is 85.6 cm³/mol. The van der Waals surface area contributed by atoms with E-state index in [0.29, 0.717) is 6.54 Å². The number of hydrogen-bond acceptors (Lipinski definition) is 3. The summed E-state index contributed by atoms with van der Waals surface area (Å²) in [5.41, 5.74) is 2.23. The zero-order valence-corrected chi connectivity index (χ0v) is 12.5. The van der Waals surface area contributed by atoms with E-state index in [1.54, 1.807) is 7.11 Å². The molecule has 112 valence electrons. The van der Waals surface area contributed by atoms with Gasteiger partial charge in [-0.1, -0.05) is 42.5 Å². The second kappa shape index (κ2) is 8.45. The number of aryl methyl sites for hydroxylation is 1. The third-order valence-electron chi connectivity index (χ3n) is 3.48. The van der Waals surface area contributed by atoms with Gasteiger partial charge in [-0.05, 0) is 42.6 Å². The molecule has 1 unspecified atom stereocenters. The molecule has 0 bridgehead atoms. The highest BCUT2D eigenvalue weighted by Gasteiger charge is 2.07. The van der Waals surface area contributed by atoms with Gasteiger partial charge in [-0.3, -0.25) is 0 Å². The lowest BCUT2D eigenvalue weighted by Gasteiger charge is -2.13. The maximum absolute atomic E-state index is 10.1. The van der Waals surface area contributed by atoms with Crippen LogP contribution in [0.1, 0.15) is 23.7 Å². The van der Waals surface area contributed by atoms with Crippen LogP contribution in [-0.2, 0) is 6.42 Å². The van der Waals surface area contributed by atoms with Crippen molar-refractivity contribution in [2.45, 2.75) is 18.9 Å². The Morgan fingerprint density at radius 3 is 2.67 bits per heavy atom. The van der Waals surface area contributed by atoms with Gasteiger partial charge in [0.15, 0.2) is 0 Å². The van der Waals surface area contributed by atoms with Gasteiger partial charge in [0, 0.05) is 6.54 Å². The molecule has 0 radical (unpaired) electrons. The topological polar surface area (TPSA) is 41.5 Å². The molecule has 2 rings (SSSR count). The SMILES string of the molecule is COc1cccc(C(O)CNCCCc2ccccc2)c1. The molecule has 0 aliphatic carbocycles.